The van der Waals surface area contributed by atoms with Crippen LogP contribution < -0.4 is 20.1 Å². The van der Waals surface area contributed by atoms with Gasteiger partial charge < -0.3 is 25.0 Å². The monoisotopic (exact) mass is 465 g/mol. The van der Waals surface area contributed by atoms with Crippen molar-refractivity contribution in [2.45, 2.75) is 18.8 Å². The van der Waals surface area contributed by atoms with Crippen molar-refractivity contribution in [1.29, 1.82) is 0 Å². The second kappa shape index (κ2) is 8.90. The first kappa shape index (κ1) is 21.5. The quantitative estimate of drug-likeness (QED) is 0.612. The molecule has 2 aromatic heterocycles. The van der Waals surface area contributed by atoms with E-state index in [1.54, 1.807) is 25.6 Å². The summed E-state index contributed by atoms with van der Waals surface area (Å²) in [6.45, 7) is 3.13. The van der Waals surface area contributed by atoms with Crippen molar-refractivity contribution in [2.24, 2.45) is 0 Å². The number of allylic oxidation sites excluding steroid dienone is 2. The van der Waals surface area contributed by atoms with Gasteiger partial charge in [0.25, 0.3) is 0 Å². The van der Waals surface area contributed by atoms with Crippen LogP contribution in [0.2, 0.25) is 0 Å². The van der Waals surface area contributed by atoms with Crippen molar-refractivity contribution in [1.82, 2.24) is 14.9 Å². The van der Waals surface area contributed by atoms with E-state index in [0.717, 1.165) is 49.2 Å². The predicted molar refractivity (Wildman–Crippen MR) is 130 cm³/mol. The van der Waals surface area contributed by atoms with E-state index in [-0.39, 0.29) is 11.7 Å². The molecule has 0 spiro atoms. The number of hydrogen-bond donors (Lipinski definition) is 1. The minimum Gasteiger partial charge on any atom is -0.493 e. The lowest BCUT2D eigenvalue weighted by atomic mass is 9.89. The third-order valence-corrected chi connectivity index (χ3v) is 7.40. The highest BCUT2D eigenvalue weighted by Crippen LogP contribution is 2.36. The molecule has 1 unspecified atom stereocenters. The van der Waals surface area contributed by atoms with Crippen molar-refractivity contribution >= 4 is 39.8 Å². The van der Waals surface area contributed by atoms with E-state index in [1.807, 2.05) is 18.2 Å². The Morgan fingerprint density at radius 3 is 2.45 bits per heavy atom. The number of benzene rings is 1. The Hall–Kier alpha value is -3.33. The molecular formula is C24H27N5O3S. The van der Waals surface area contributed by atoms with E-state index < -0.39 is 0 Å². The molecule has 1 fully saturated rings. The van der Waals surface area contributed by atoms with E-state index in [0.29, 0.717) is 29.7 Å². The summed E-state index contributed by atoms with van der Waals surface area (Å²) in [5, 5.41) is 2.82. The van der Waals surface area contributed by atoms with Gasteiger partial charge in [-0.15, -0.1) is 11.3 Å². The van der Waals surface area contributed by atoms with Gasteiger partial charge in [-0.25, -0.2) is 4.98 Å². The standard InChI is InChI=1S/C24H27N5O3S/c1-31-20-13-18-19(14-21(20)32-2)26-24(27-23(18)25)29-7-5-28(6-8-29)16-10-15(11-17(30)12-16)22-4-3-9-33-22/h3-4,9,12-15H,5-8,10-11H2,1-2H3,(H2,25,26,27). The van der Waals surface area contributed by atoms with E-state index >= 15 is 0 Å². The van der Waals surface area contributed by atoms with Gasteiger partial charge >= 0.3 is 0 Å². The Bertz CT molecular complexity index is 1200. The Kier molecular flexibility index (Phi) is 5.80. The first-order chi connectivity index (χ1) is 16.1. The number of hydrogen-bond acceptors (Lipinski definition) is 9. The number of piperazine rings is 1. The molecule has 1 saturated heterocycles. The molecule has 0 radical (unpaired) electrons. The zero-order valence-electron chi connectivity index (χ0n) is 18.8. The molecule has 2 N–H and O–H groups in total. The van der Waals surface area contributed by atoms with Gasteiger partial charge in [0, 0.05) is 66.6 Å². The molecule has 33 heavy (non-hydrogen) atoms. The molecule has 9 heteroatoms. The van der Waals surface area contributed by atoms with Gasteiger partial charge in [0.1, 0.15) is 5.82 Å². The van der Waals surface area contributed by atoms with Crippen molar-refractivity contribution in [3.8, 4) is 11.5 Å². The number of nitrogen functional groups attached to an aromatic ring is 1. The average Bonchev–Trinajstić information content (AvgIpc) is 3.38. The first-order valence-electron chi connectivity index (χ1n) is 11.0. The van der Waals surface area contributed by atoms with Crippen LogP contribution in [0, 0.1) is 0 Å². The number of methoxy groups -OCH3 is 2. The number of ketones is 1. The maximum atomic E-state index is 12.4. The molecule has 8 nitrogen and oxygen atoms in total. The van der Waals surface area contributed by atoms with Gasteiger partial charge in [0.15, 0.2) is 17.3 Å². The SMILES string of the molecule is COc1cc2nc(N3CCN(C4=CC(=O)CC(c5cccs5)C4)CC3)nc(N)c2cc1OC. The number of carbonyl (C=O) groups excluding carboxylic acids is 1. The zero-order chi connectivity index (χ0) is 22.9. The largest absolute Gasteiger partial charge is 0.493 e. The molecule has 1 aliphatic heterocycles. The summed E-state index contributed by atoms with van der Waals surface area (Å²) in [6, 6.07) is 7.83. The molecule has 1 aromatic carbocycles. The molecule has 1 aliphatic carbocycles. The highest BCUT2D eigenvalue weighted by molar-refractivity contribution is 7.10. The number of nitrogens with two attached hydrogens (primary N) is 1. The van der Waals surface area contributed by atoms with Crippen LogP contribution in [-0.2, 0) is 4.79 Å². The summed E-state index contributed by atoms with van der Waals surface area (Å²) in [6.07, 6.45) is 3.35. The molecule has 0 bridgehead atoms. The fourth-order valence-electron chi connectivity index (χ4n) is 4.62. The van der Waals surface area contributed by atoms with Gasteiger partial charge in [-0.1, -0.05) is 6.07 Å². The maximum absolute atomic E-state index is 12.4. The molecule has 1 atom stereocenters. The zero-order valence-corrected chi connectivity index (χ0v) is 19.6. The van der Waals surface area contributed by atoms with E-state index in [2.05, 4.69) is 32.3 Å². The Labute approximate surface area is 196 Å². The topological polar surface area (TPSA) is 93.8 Å². The van der Waals surface area contributed by atoms with Gasteiger partial charge in [-0.05, 0) is 23.9 Å². The molecular weight excluding hydrogens is 438 g/mol. The third-order valence-electron chi connectivity index (χ3n) is 6.36. The smallest absolute Gasteiger partial charge is 0.228 e. The van der Waals surface area contributed by atoms with Gasteiger partial charge in [-0.3, -0.25) is 4.79 Å². The molecule has 0 saturated carbocycles. The first-order valence-corrected chi connectivity index (χ1v) is 11.9. The van der Waals surface area contributed by atoms with Crippen LogP contribution >= 0.6 is 11.3 Å². The fourth-order valence-corrected chi connectivity index (χ4v) is 5.45. The number of ether oxygens (including phenoxy) is 2. The Balaban J connectivity index is 1.32. The second-order valence-corrected chi connectivity index (χ2v) is 9.31. The lowest BCUT2D eigenvalue weighted by Gasteiger charge is -2.39. The summed E-state index contributed by atoms with van der Waals surface area (Å²) in [4.78, 5) is 27.5. The normalized spacial score (nSPS) is 19.0. The summed E-state index contributed by atoms with van der Waals surface area (Å²) < 4.78 is 10.8. The highest BCUT2D eigenvalue weighted by Gasteiger charge is 2.28. The highest BCUT2D eigenvalue weighted by atomic mass is 32.1. The van der Waals surface area contributed by atoms with E-state index in [1.165, 1.54) is 4.88 Å². The molecule has 3 aromatic rings. The van der Waals surface area contributed by atoms with Crippen LogP contribution in [0.1, 0.15) is 23.6 Å². The summed E-state index contributed by atoms with van der Waals surface area (Å²) >= 11 is 1.73. The van der Waals surface area contributed by atoms with Crippen LogP contribution in [0.4, 0.5) is 11.8 Å². The maximum Gasteiger partial charge on any atom is 0.228 e. The summed E-state index contributed by atoms with van der Waals surface area (Å²) in [7, 11) is 3.19. The van der Waals surface area contributed by atoms with Crippen LogP contribution in [0.3, 0.4) is 0 Å². The lowest BCUT2D eigenvalue weighted by molar-refractivity contribution is -0.115. The molecule has 172 valence electrons. The fraction of sp³-hybridized carbons (Fsp3) is 0.375. The van der Waals surface area contributed by atoms with Crippen LogP contribution in [0.25, 0.3) is 10.9 Å². The number of nitrogens with zero attached hydrogens (tertiary/aromatic N) is 4. The second-order valence-electron chi connectivity index (χ2n) is 8.33. The Morgan fingerprint density at radius 2 is 1.76 bits per heavy atom. The molecule has 5 rings (SSSR count). The van der Waals surface area contributed by atoms with Crippen molar-refractivity contribution < 1.29 is 14.3 Å². The Morgan fingerprint density at radius 1 is 1.03 bits per heavy atom. The van der Waals surface area contributed by atoms with Crippen LogP contribution in [0.15, 0.2) is 41.4 Å². The number of anilines is 2. The lowest BCUT2D eigenvalue weighted by Crippen LogP contribution is -2.47. The number of thiophene rings is 1. The number of carbonyl (C=O) groups is 1. The molecule has 2 aliphatic rings. The minimum absolute atomic E-state index is 0.215. The van der Waals surface area contributed by atoms with E-state index in [9.17, 15) is 4.79 Å². The van der Waals surface area contributed by atoms with Crippen molar-refractivity contribution in [3.63, 3.8) is 0 Å². The predicted octanol–water partition coefficient (Wildman–Crippen LogP) is 3.44. The number of rotatable bonds is 5. The summed E-state index contributed by atoms with van der Waals surface area (Å²) in [5.41, 5.74) is 8.13. The minimum atomic E-state index is 0.215. The van der Waals surface area contributed by atoms with E-state index in [4.69, 9.17) is 20.2 Å². The van der Waals surface area contributed by atoms with Crippen molar-refractivity contribution in [2.75, 3.05) is 51.0 Å². The number of aromatic nitrogens is 2. The third kappa shape index (κ3) is 4.20. The molecule has 0 amide bonds. The van der Waals surface area contributed by atoms with Crippen LogP contribution in [-0.4, -0.2) is 61.0 Å². The van der Waals surface area contributed by atoms with Gasteiger partial charge in [0.05, 0.1) is 19.7 Å². The van der Waals surface area contributed by atoms with Gasteiger partial charge in [0.2, 0.25) is 5.95 Å². The number of fused-ring (bicyclic) bond motifs is 1. The van der Waals surface area contributed by atoms with Crippen molar-refractivity contribution in [3.05, 3.63) is 46.3 Å². The summed E-state index contributed by atoms with van der Waals surface area (Å²) in [5.74, 6) is 2.72. The average molecular weight is 466 g/mol. The van der Waals surface area contributed by atoms with Gasteiger partial charge in [-0.2, -0.15) is 4.98 Å². The van der Waals surface area contributed by atoms with Crippen LogP contribution in [0.5, 0.6) is 11.5 Å². The molecule has 3 heterocycles.